The number of rotatable bonds is 5. The van der Waals surface area contributed by atoms with Crippen LogP contribution in [0.2, 0.25) is 0 Å². The van der Waals surface area contributed by atoms with E-state index in [4.69, 9.17) is 5.73 Å². The summed E-state index contributed by atoms with van der Waals surface area (Å²) < 4.78 is 0. The van der Waals surface area contributed by atoms with Gasteiger partial charge in [0.15, 0.2) is 0 Å². The van der Waals surface area contributed by atoms with Gasteiger partial charge in [0.05, 0.1) is 12.0 Å². The van der Waals surface area contributed by atoms with Crippen molar-refractivity contribution in [2.45, 2.75) is 39.0 Å². The van der Waals surface area contributed by atoms with Gasteiger partial charge in [0.1, 0.15) is 0 Å². The van der Waals surface area contributed by atoms with Crippen LogP contribution in [0.1, 0.15) is 39.0 Å². The SMILES string of the molecule is CCN(CC(=O)N(C)C)C(=O)C1(CN)CCCCC1. The lowest BCUT2D eigenvalue weighted by molar-refractivity contribution is -0.147. The summed E-state index contributed by atoms with van der Waals surface area (Å²) in [5.74, 6) is 0.0191. The molecule has 2 amide bonds. The molecule has 1 fully saturated rings. The first-order chi connectivity index (χ1) is 8.96. The molecule has 0 atom stereocenters. The van der Waals surface area contributed by atoms with Crippen LogP contribution < -0.4 is 5.73 Å². The summed E-state index contributed by atoms with van der Waals surface area (Å²) in [6.45, 7) is 3.01. The zero-order valence-corrected chi connectivity index (χ0v) is 12.4. The van der Waals surface area contributed by atoms with Crippen LogP contribution in [0.3, 0.4) is 0 Å². The Morgan fingerprint density at radius 3 is 2.16 bits per heavy atom. The minimum Gasteiger partial charge on any atom is -0.347 e. The summed E-state index contributed by atoms with van der Waals surface area (Å²) in [5, 5.41) is 0. The molecule has 0 heterocycles. The third kappa shape index (κ3) is 3.69. The van der Waals surface area contributed by atoms with Crippen molar-refractivity contribution in [2.75, 3.05) is 33.7 Å². The van der Waals surface area contributed by atoms with Crippen LogP contribution in [0.15, 0.2) is 0 Å². The maximum absolute atomic E-state index is 12.7. The lowest BCUT2D eigenvalue weighted by atomic mass is 9.73. The lowest BCUT2D eigenvalue weighted by Crippen LogP contribution is -2.51. The van der Waals surface area contributed by atoms with Crippen molar-refractivity contribution in [2.24, 2.45) is 11.1 Å². The number of likely N-dealkylation sites (N-methyl/N-ethyl adjacent to an activating group) is 2. The highest BCUT2D eigenvalue weighted by atomic mass is 16.2. The van der Waals surface area contributed by atoms with Crippen LogP contribution in [-0.4, -0.2) is 55.3 Å². The Kier molecular flexibility index (Phi) is 5.79. The predicted octanol–water partition coefficient (Wildman–Crippen LogP) is 0.832. The van der Waals surface area contributed by atoms with Crippen molar-refractivity contribution >= 4 is 11.8 Å². The van der Waals surface area contributed by atoms with Crippen molar-refractivity contribution in [3.8, 4) is 0 Å². The molecule has 0 aromatic carbocycles. The van der Waals surface area contributed by atoms with Crippen LogP contribution in [0.25, 0.3) is 0 Å². The molecule has 0 radical (unpaired) electrons. The first-order valence-electron chi connectivity index (χ1n) is 7.16. The van der Waals surface area contributed by atoms with Gasteiger partial charge in [-0.15, -0.1) is 0 Å². The van der Waals surface area contributed by atoms with Crippen molar-refractivity contribution in [1.29, 1.82) is 0 Å². The summed E-state index contributed by atoms with van der Waals surface area (Å²) in [5.41, 5.74) is 5.45. The van der Waals surface area contributed by atoms with Gasteiger partial charge in [0, 0.05) is 27.2 Å². The van der Waals surface area contributed by atoms with Crippen molar-refractivity contribution in [3.63, 3.8) is 0 Å². The molecule has 1 aliphatic carbocycles. The number of amides is 2. The maximum atomic E-state index is 12.7. The van der Waals surface area contributed by atoms with Crippen LogP contribution in [-0.2, 0) is 9.59 Å². The van der Waals surface area contributed by atoms with Gasteiger partial charge in [-0.05, 0) is 19.8 Å². The Morgan fingerprint density at radius 1 is 1.16 bits per heavy atom. The molecule has 0 aromatic heterocycles. The van der Waals surface area contributed by atoms with Crippen LogP contribution >= 0.6 is 0 Å². The van der Waals surface area contributed by atoms with E-state index in [9.17, 15) is 9.59 Å². The molecule has 0 saturated heterocycles. The Bertz CT molecular complexity index is 323. The molecule has 1 saturated carbocycles. The third-order valence-electron chi connectivity index (χ3n) is 4.15. The van der Waals surface area contributed by atoms with Gasteiger partial charge >= 0.3 is 0 Å². The fourth-order valence-corrected chi connectivity index (χ4v) is 2.70. The molecule has 5 nitrogen and oxygen atoms in total. The van der Waals surface area contributed by atoms with Crippen LogP contribution in [0, 0.1) is 5.41 Å². The van der Waals surface area contributed by atoms with Crippen molar-refractivity contribution in [3.05, 3.63) is 0 Å². The molecule has 19 heavy (non-hydrogen) atoms. The molecule has 0 spiro atoms. The molecular formula is C14H27N3O2. The van der Waals surface area contributed by atoms with E-state index >= 15 is 0 Å². The number of hydrogen-bond acceptors (Lipinski definition) is 3. The van der Waals surface area contributed by atoms with Gasteiger partial charge < -0.3 is 15.5 Å². The third-order valence-corrected chi connectivity index (χ3v) is 4.15. The maximum Gasteiger partial charge on any atom is 0.241 e. The number of carbonyl (C=O) groups is 2. The normalized spacial score (nSPS) is 17.9. The first-order valence-corrected chi connectivity index (χ1v) is 7.16. The highest BCUT2D eigenvalue weighted by Crippen LogP contribution is 2.37. The van der Waals surface area contributed by atoms with E-state index in [0.717, 1.165) is 25.7 Å². The van der Waals surface area contributed by atoms with E-state index in [2.05, 4.69) is 0 Å². The fourth-order valence-electron chi connectivity index (χ4n) is 2.70. The number of carbonyl (C=O) groups excluding carboxylic acids is 2. The molecule has 2 N–H and O–H groups in total. The summed E-state index contributed by atoms with van der Waals surface area (Å²) >= 11 is 0. The molecule has 110 valence electrons. The molecule has 0 aliphatic heterocycles. The summed E-state index contributed by atoms with van der Waals surface area (Å²) in [7, 11) is 3.42. The minimum atomic E-state index is -0.430. The summed E-state index contributed by atoms with van der Waals surface area (Å²) in [6.07, 6.45) is 5.01. The number of nitrogens with zero attached hydrogens (tertiary/aromatic N) is 2. The van der Waals surface area contributed by atoms with E-state index in [1.54, 1.807) is 19.0 Å². The van der Waals surface area contributed by atoms with Gasteiger partial charge in [0.25, 0.3) is 0 Å². The number of hydrogen-bond donors (Lipinski definition) is 1. The van der Waals surface area contributed by atoms with Gasteiger partial charge in [0.2, 0.25) is 11.8 Å². The average molecular weight is 269 g/mol. The van der Waals surface area contributed by atoms with E-state index in [1.165, 1.54) is 11.3 Å². The average Bonchev–Trinajstić information content (AvgIpc) is 2.44. The Labute approximate surface area is 116 Å². The van der Waals surface area contributed by atoms with E-state index in [0.29, 0.717) is 13.1 Å². The largest absolute Gasteiger partial charge is 0.347 e. The van der Waals surface area contributed by atoms with Gasteiger partial charge in [-0.1, -0.05) is 19.3 Å². The minimum absolute atomic E-state index is 0.0434. The van der Waals surface area contributed by atoms with Gasteiger partial charge in [-0.25, -0.2) is 0 Å². The predicted molar refractivity (Wildman–Crippen MR) is 75.5 cm³/mol. The highest BCUT2D eigenvalue weighted by Gasteiger charge is 2.40. The summed E-state index contributed by atoms with van der Waals surface area (Å²) in [6, 6.07) is 0. The van der Waals surface area contributed by atoms with E-state index in [1.807, 2.05) is 6.92 Å². The van der Waals surface area contributed by atoms with Crippen molar-refractivity contribution in [1.82, 2.24) is 9.80 Å². The Morgan fingerprint density at radius 2 is 1.74 bits per heavy atom. The number of nitrogens with two attached hydrogens (primary N) is 1. The second-order valence-corrected chi connectivity index (χ2v) is 5.65. The second-order valence-electron chi connectivity index (χ2n) is 5.65. The second kappa shape index (κ2) is 6.89. The Hall–Kier alpha value is -1.10. The van der Waals surface area contributed by atoms with Gasteiger partial charge in [-0.3, -0.25) is 9.59 Å². The molecule has 0 aromatic rings. The van der Waals surface area contributed by atoms with Crippen molar-refractivity contribution < 1.29 is 9.59 Å². The quantitative estimate of drug-likeness (QED) is 0.804. The topological polar surface area (TPSA) is 66.6 Å². The van der Waals surface area contributed by atoms with Crippen LogP contribution in [0.5, 0.6) is 0 Å². The molecule has 0 bridgehead atoms. The first kappa shape index (κ1) is 16.0. The molecule has 5 heteroatoms. The molecular weight excluding hydrogens is 242 g/mol. The van der Waals surface area contributed by atoms with E-state index in [-0.39, 0.29) is 18.4 Å². The molecule has 1 aliphatic rings. The van der Waals surface area contributed by atoms with Crippen LogP contribution in [0.4, 0.5) is 0 Å². The highest BCUT2D eigenvalue weighted by molar-refractivity contribution is 5.88. The smallest absolute Gasteiger partial charge is 0.241 e. The lowest BCUT2D eigenvalue weighted by Gasteiger charge is -2.38. The monoisotopic (exact) mass is 269 g/mol. The Balaban J connectivity index is 2.78. The zero-order chi connectivity index (χ0) is 14.5. The fraction of sp³-hybridized carbons (Fsp3) is 0.857. The molecule has 1 rings (SSSR count). The molecule has 0 unspecified atom stereocenters. The zero-order valence-electron chi connectivity index (χ0n) is 12.4. The summed E-state index contributed by atoms with van der Waals surface area (Å²) in [4.78, 5) is 27.7. The van der Waals surface area contributed by atoms with Gasteiger partial charge in [-0.2, -0.15) is 0 Å². The standard InChI is InChI=1S/C14H27N3O2/c1-4-17(10-12(18)16(2)3)13(19)14(11-15)8-6-5-7-9-14/h4-11,15H2,1-3H3. The van der Waals surface area contributed by atoms with E-state index < -0.39 is 5.41 Å².